The summed E-state index contributed by atoms with van der Waals surface area (Å²) >= 11 is 0. The Morgan fingerprint density at radius 2 is 1.64 bits per heavy atom. The zero-order valence-corrected chi connectivity index (χ0v) is 25.5. The number of phenols is 1. The number of hydrogen-bond donors (Lipinski definition) is 1. The van der Waals surface area contributed by atoms with E-state index in [1.165, 1.54) is 23.8 Å². The van der Waals surface area contributed by atoms with Crippen LogP contribution in [-0.4, -0.2) is 79.8 Å². The van der Waals surface area contributed by atoms with E-state index >= 15 is 4.79 Å². The normalized spacial score (nSPS) is 29.0. The minimum Gasteiger partial charge on any atom is -0.502 e. The second kappa shape index (κ2) is 8.14. The predicted octanol–water partition coefficient (Wildman–Crippen LogP) is 4.47. The van der Waals surface area contributed by atoms with Crippen LogP contribution in [0.3, 0.4) is 0 Å². The first kappa shape index (κ1) is 25.7. The summed E-state index contributed by atoms with van der Waals surface area (Å²) in [6.07, 6.45) is 4.21. The third-order valence-electron chi connectivity index (χ3n) is 11.6. The van der Waals surface area contributed by atoms with Gasteiger partial charge in [-0.2, -0.15) is 0 Å². The number of likely N-dealkylation sites (N-methyl/N-ethyl adjacent to an activating group) is 1. The average Bonchev–Trinajstić information content (AvgIpc) is 3.59. The minimum absolute atomic E-state index is 0.0432. The molecular formula is C36H32N2O7. The van der Waals surface area contributed by atoms with Crippen LogP contribution in [0.25, 0.3) is 11.3 Å². The Morgan fingerprint density at radius 3 is 2.42 bits per heavy atom. The third-order valence-corrected chi connectivity index (χ3v) is 11.6. The topological polar surface area (TPSA) is 89.9 Å². The van der Waals surface area contributed by atoms with Crippen molar-refractivity contribution < 1.29 is 33.6 Å². The van der Waals surface area contributed by atoms with Gasteiger partial charge in [-0.15, -0.1) is 0 Å². The number of aromatic hydroxyl groups is 1. The Kier molecular flexibility index (Phi) is 4.65. The molecule has 3 aromatic carbocycles. The lowest BCUT2D eigenvalue weighted by atomic mass is 9.60. The molecule has 7 aliphatic rings. The van der Waals surface area contributed by atoms with Crippen LogP contribution in [0, 0.1) is 0 Å². The van der Waals surface area contributed by atoms with E-state index in [9.17, 15) is 5.11 Å². The van der Waals surface area contributed by atoms with Gasteiger partial charge in [0.25, 0.3) is 0 Å². The molecule has 10 rings (SSSR count). The Labute approximate surface area is 260 Å². The van der Waals surface area contributed by atoms with Crippen LogP contribution >= 0.6 is 0 Å². The highest BCUT2D eigenvalue weighted by atomic mass is 16.5. The number of benzene rings is 3. The first-order valence-corrected chi connectivity index (χ1v) is 15.5. The second-order valence-corrected chi connectivity index (χ2v) is 13.2. The van der Waals surface area contributed by atoms with Gasteiger partial charge in [0.2, 0.25) is 5.75 Å². The molecule has 228 valence electrons. The molecule has 9 nitrogen and oxygen atoms in total. The van der Waals surface area contributed by atoms with E-state index in [1.807, 2.05) is 18.2 Å². The third kappa shape index (κ3) is 2.64. The molecule has 1 fully saturated rings. The molecule has 2 aliphatic carbocycles. The number of nitrogens with zero attached hydrogens (tertiary/aromatic N) is 2. The number of hydrogen-bond acceptors (Lipinski definition) is 9. The van der Waals surface area contributed by atoms with E-state index in [-0.39, 0.29) is 29.1 Å². The molecule has 1 N–H and O–H groups in total. The Bertz CT molecular complexity index is 2000. The molecule has 0 aromatic heterocycles. The fourth-order valence-corrected chi connectivity index (χ4v) is 9.76. The maximum absolute atomic E-state index is 15.6. The standard InChI is InChI=1S/C36H32N2O7/c1-37-14-12-35-20-16-36(34(35)45-32-24(43-4)9-6-18(27(32)35)15-21(20)37)33(40)26-19-7-10-22(41-2)29(39)30(19)44-31-23(42-3)8-5-17-11-13-38(36)28(26)25(17)31/h5-10,16,21,34,39H,11-15H2,1-4H3. The predicted molar refractivity (Wildman–Crippen MR) is 165 cm³/mol. The Balaban J connectivity index is 1.28. The van der Waals surface area contributed by atoms with Gasteiger partial charge in [-0.05, 0) is 79.9 Å². The monoisotopic (exact) mass is 604 g/mol. The Morgan fingerprint density at radius 1 is 0.911 bits per heavy atom. The van der Waals surface area contributed by atoms with Crippen LogP contribution in [-0.2, 0) is 23.1 Å². The van der Waals surface area contributed by atoms with Gasteiger partial charge in [-0.25, -0.2) is 0 Å². The lowest BCUT2D eigenvalue weighted by Crippen LogP contribution is -2.63. The molecule has 45 heavy (non-hydrogen) atoms. The number of phenolic OH excluding ortho intramolecular Hbond substituents is 1. The smallest absolute Gasteiger partial charge is 0.202 e. The first-order valence-electron chi connectivity index (χ1n) is 15.5. The van der Waals surface area contributed by atoms with Crippen LogP contribution in [0.4, 0.5) is 0 Å². The average molecular weight is 605 g/mol. The summed E-state index contributed by atoms with van der Waals surface area (Å²) in [5.74, 6) is 2.74. The van der Waals surface area contributed by atoms with Crippen LogP contribution in [0.15, 0.2) is 48.0 Å². The quantitative estimate of drug-likeness (QED) is 0.435. The van der Waals surface area contributed by atoms with Gasteiger partial charge in [0.15, 0.2) is 45.8 Å². The summed E-state index contributed by atoms with van der Waals surface area (Å²) in [5.41, 5.74) is 5.96. The van der Waals surface area contributed by atoms with Crippen molar-refractivity contribution in [1.82, 2.24) is 9.80 Å². The van der Waals surface area contributed by atoms with Crippen molar-refractivity contribution in [2.45, 2.75) is 42.4 Å². The summed E-state index contributed by atoms with van der Waals surface area (Å²) in [6, 6.07) is 11.8. The number of rotatable bonds is 3. The molecule has 0 radical (unpaired) electrons. The number of ketones is 1. The first-order chi connectivity index (χ1) is 21.9. The van der Waals surface area contributed by atoms with Crippen molar-refractivity contribution in [1.29, 1.82) is 0 Å². The number of fused-ring (bicyclic) bond motifs is 4. The van der Waals surface area contributed by atoms with Gasteiger partial charge < -0.3 is 33.7 Å². The number of carbonyl (C=O) groups is 1. The minimum atomic E-state index is -1.10. The number of carbonyl (C=O) groups excluding carboxylic acids is 1. The zero-order valence-electron chi connectivity index (χ0n) is 25.5. The van der Waals surface area contributed by atoms with Gasteiger partial charge in [-0.3, -0.25) is 9.69 Å². The molecule has 2 spiro atoms. The van der Waals surface area contributed by atoms with Crippen molar-refractivity contribution in [2.24, 2.45) is 0 Å². The van der Waals surface area contributed by atoms with Crippen LogP contribution in [0.2, 0.25) is 0 Å². The van der Waals surface area contributed by atoms with Gasteiger partial charge in [0, 0.05) is 29.3 Å². The molecule has 2 bridgehead atoms. The van der Waals surface area contributed by atoms with Gasteiger partial charge in [0.1, 0.15) is 6.10 Å². The molecule has 9 heteroatoms. The van der Waals surface area contributed by atoms with E-state index < -0.39 is 17.1 Å². The molecule has 3 aromatic rings. The number of piperidine rings is 1. The van der Waals surface area contributed by atoms with Crippen molar-refractivity contribution in [3.05, 3.63) is 75.9 Å². The Hall–Kier alpha value is -4.63. The van der Waals surface area contributed by atoms with E-state index in [2.05, 4.69) is 35.1 Å². The molecule has 4 unspecified atom stereocenters. The maximum atomic E-state index is 15.6. The largest absolute Gasteiger partial charge is 0.502 e. The summed E-state index contributed by atoms with van der Waals surface area (Å²) in [4.78, 5) is 20.3. The molecule has 4 atom stereocenters. The second-order valence-electron chi connectivity index (χ2n) is 13.2. The molecule has 5 aliphatic heterocycles. The summed E-state index contributed by atoms with van der Waals surface area (Å²) < 4.78 is 30.8. The van der Waals surface area contributed by atoms with Gasteiger partial charge in [-0.1, -0.05) is 12.1 Å². The summed E-state index contributed by atoms with van der Waals surface area (Å²) in [5, 5.41) is 11.4. The fraction of sp³-hybridized carbons (Fsp3) is 0.361. The lowest BCUT2D eigenvalue weighted by molar-refractivity contribution is -0.124. The van der Waals surface area contributed by atoms with E-state index in [0.717, 1.165) is 42.0 Å². The molecular weight excluding hydrogens is 572 g/mol. The van der Waals surface area contributed by atoms with Gasteiger partial charge in [0.05, 0.1) is 38.0 Å². The highest BCUT2D eigenvalue weighted by molar-refractivity contribution is 6.37. The molecule has 5 heterocycles. The molecule has 0 saturated carbocycles. The van der Waals surface area contributed by atoms with Gasteiger partial charge >= 0.3 is 0 Å². The highest BCUT2D eigenvalue weighted by Gasteiger charge is 2.75. The van der Waals surface area contributed by atoms with Crippen molar-refractivity contribution in [3.8, 4) is 40.2 Å². The highest BCUT2D eigenvalue weighted by Crippen LogP contribution is 2.70. The number of ether oxygens (including phenoxy) is 5. The van der Waals surface area contributed by atoms with E-state index in [1.54, 1.807) is 20.3 Å². The summed E-state index contributed by atoms with van der Waals surface area (Å²) in [6.45, 7) is 1.53. The number of Topliss-reactive ketones (excluding diaryl/α,β-unsaturated/α-hetero) is 1. The van der Waals surface area contributed by atoms with Crippen molar-refractivity contribution in [3.63, 3.8) is 0 Å². The summed E-state index contributed by atoms with van der Waals surface area (Å²) in [7, 11) is 6.97. The fourth-order valence-electron chi connectivity index (χ4n) is 9.76. The van der Waals surface area contributed by atoms with Crippen LogP contribution in [0.5, 0.6) is 40.2 Å². The van der Waals surface area contributed by atoms with Crippen LogP contribution in [0.1, 0.15) is 34.2 Å². The zero-order chi connectivity index (χ0) is 30.6. The SMILES string of the molecule is COc1ccc2c(c1O)Oc1c(OC)ccc3c1C1=C2C(=O)C2(C=C4C5Cc6ccc(OC)c7c6C4(CCN5C)C2O7)N1CC3. The van der Waals surface area contributed by atoms with Crippen molar-refractivity contribution in [2.75, 3.05) is 41.5 Å². The van der Waals surface area contributed by atoms with E-state index in [0.29, 0.717) is 41.4 Å². The van der Waals surface area contributed by atoms with E-state index in [4.69, 9.17) is 23.7 Å². The number of methoxy groups -OCH3 is 3. The number of likely N-dealkylation sites (tertiary alicyclic amines) is 1. The van der Waals surface area contributed by atoms with Crippen LogP contribution < -0.4 is 23.7 Å². The maximum Gasteiger partial charge on any atom is 0.202 e. The lowest BCUT2D eigenvalue weighted by Gasteiger charge is -2.50. The molecule has 0 amide bonds. The van der Waals surface area contributed by atoms with Crippen molar-refractivity contribution >= 4 is 17.1 Å². The molecule has 1 saturated heterocycles.